The third-order valence-electron chi connectivity index (χ3n) is 5.57. The van der Waals surface area contributed by atoms with Gasteiger partial charge in [0.2, 0.25) is 5.91 Å². The lowest BCUT2D eigenvalue weighted by Gasteiger charge is -2.18. The van der Waals surface area contributed by atoms with E-state index in [0.29, 0.717) is 5.92 Å². The lowest BCUT2D eigenvalue weighted by Crippen LogP contribution is -2.22. The molecule has 3 aromatic rings. The maximum absolute atomic E-state index is 11.3. The highest BCUT2D eigenvalue weighted by Gasteiger charge is 2.26. The summed E-state index contributed by atoms with van der Waals surface area (Å²) in [5.74, 6) is 0.0975. The number of hydrogen-bond acceptors (Lipinski definition) is 3. The van der Waals surface area contributed by atoms with Crippen LogP contribution in [0.3, 0.4) is 0 Å². The van der Waals surface area contributed by atoms with E-state index in [1.807, 2.05) is 37.3 Å². The van der Waals surface area contributed by atoms with Crippen LogP contribution in [0.25, 0.3) is 28.1 Å². The standard InChI is InChI=1S/C25H25N3O3/c1-15-2-8-18(9-3-15)24-19-12-16(7-11-23(26)29)6-10-21(19)28-22(13-17-4-5-17)20(24)14-27-25(30)31/h2-3,6-12,17,27H,4-5,13-14H2,1H3,(H2,26,29)(H,30,31). The quantitative estimate of drug-likeness (QED) is 0.496. The molecule has 0 atom stereocenters. The number of hydrogen-bond donors (Lipinski definition) is 3. The molecule has 0 spiro atoms. The van der Waals surface area contributed by atoms with Gasteiger partial charge in [-0.1, -0.05) is 35.9 Å². The fourth-order valence-corrected chi connectivity index (χ4v) is 3.82. The fraction of sp³-hybridized carbons (Fsp3) is 0.240. The first-order valence-electron chi connectivity index (χ1n) is 10.4. The summed E-state index contributed by atoms with van der Waals surface area (Å²) in [5.41, 5.74) is 11.9. The maximum Gasteiger partial charge on any atom is 0.404 e. The van der Waals surface area contributed by atoms with Crippen molar-refractivity contribution >= 4 is 29.0 Å². The van der Waals surface area contributed by atoms with Gasteiger partial charge in [-0.3, -0.25) is 9.78 Å². The van der Waals surface area contributed by atoms with Crippen molar-refractivity contribution in [3.05, 3.63) is 70.9 Å². The first-order valence-corrected chi connectivity index (χ1v) is 10.4. The smallest absolute Gasteiger partial charge is 0.404 e. The molecule has 1 aromatic heterocycles. The van der Waals surface area contributed by atoms with Gasteiger partial charge in [0.15, 0.2) is 0 Å². The third kappa shape index (κ3) is 4.91. The molecule has 31 heavy (non-hydrogen) atoms. The minimum atomic E-state index is -1.06. The van der Waals surface area contributed by atoms with Crippen molar-refractivity contribution in [2.45, 2.75) is 32.7 Å². The van der Waals surface area contributed by atoms with Crippen LogP contribution < -0.4 is 11.1 Å². The van der Waals surface area contributed by atoms with Gasteiger partial charge in [-0.2, -0.15) is 0 Å². The molecule has 0 bridgehead atoms. The van der Waals surface area contributed by atoms with Crippen molar-refractivity contribution in [3.8, 4) is 11.1 Å². The van der Waals surface area contributed by atoms with Crippen molar-refractivity contribution in [2.24, 2.45) is 11.7 Å². The molecule has 0 radical (unpaired) electrons. The van der Waals surface area contributed by atoms with Gasteiger partial charge in [0.05, 0.1) is 5.52 Å². The highest BCUT2D eigenvalue weighted by molar-refractivity contribution is 5.98. The largest absolute Gasteiger partial charge is 0.465 e. The van der Waals surface area contributed by atoms with Crippen LogP contribution in [0.4, 0.5) is 4.79 Å². The minimum absolute atomic E-state index is 0.185. The van der Waals surface area contributed by atoms with Crippen molar-refractivity contribution in [3.63, 3.8) is 0 Å². The van der Waals surface area contributed by atoms with Crippen LogP contribution >= 0.6 is 0 Å². The summed E-state index contributed by atoms with van der Waals surface area (Å²) in [6.45, 7) is 2.22. The number of carboxylic acid groups (broad SMARTS) is 1. The van der Waals surface area contributed by atoms with E-state index in [0.717, 1.165) is 50.8 Å². The zero-order valence-corrected chi connectivity index (χ0v) is 17.4. The molecule has 1 aliphatic carbocycles. The number of aryl methyl sites for hydroxylation is 1. The Morgan fingerprint density at radius 2 is 1.94 bits per heavy atom. The first kappa shape index (κ1) is 20.6. The van der Waals surface area contributed by atoms with Crippen molar-refractivity contribution < 1.29 is 14.7 Å². The third-order valence-corrected chi connectivity index (χ3v) is 5.57. The molecule has 1 aliphatic rings. The Kier molecular flexibility index (Phi) is 5.71. The van der Waals surface area contributed by atoms with Crippen molar-refractivity contribution in [1.82, 2.24) is 10.3 Å². The first-order chi connectivity index (χ1) is 14.9. The monoisotopic (exact) mass is 415 g/mol. The Morgan fingerprint density at radius 1 is 1.19 bits per heavy atom. The number of nitrogens with two attached hydrogens (primary N) is 1. The van der Waals surface area contributed by atoms with E-state index in [-0.39, 0.29) is 6.54 Å². The van der Waals surface area contributed by atoms with E-state index in [9.17, 15) is 14.7 Å². The van der Waals surface area contributed by atoms with Crippen LogP contribution in [0, 0.1) is 12.8 Å². The molecule has 6 heteroatoms. The van der Waals surface area contributed by atoms with Crippen LogP contribution in [0.15, 0.2) is 48.5 Å². The van der Waals surface area contributed by atoms with Crippen LogP contribution in [0.2, 0.25) is 0 Å². The van der Waals surface area contributed by atoms with Crippen LogP contribution in [0.1, 0.15) is 35.2 Å². The predicted molar refractivity (Wildman–Crippen MR) is 121 cm³/mol. The molecular weight excluding hydrogens is 390 g/mol. The summed E-state index contributed by atoms with van der Waals surface area (Å²) >= 11 is 0. The number of carbonyl (C=O) groups is 2. The summed E-state index contributed by atoms with van der Waals surface area (Å²) in [4.78, 5) is 27.4. The SMILES string of the molecule is Cc1ccc(-c2c(CNC(=O)O)c(CC3CC3)nc3ccc(C=CC(N)=O)cc23)cc1. The topological polar surface area (TPSA) is 105 Å². The molecule has 2 aromatic carbocycles. The number of amides is 2. The lowest BCUT2D eigenvalue weighted by molar-refractivity contribution is -0.113. The number of benzene rings is 2. The van der Waals surface area contributed by atoms with E-state index in [1.54, 1.807) is 6.08 Å². The number of nitrogens with one attached hydrogen (secondary N) is 1. The molecule has 158 valence electrons. The second kappa shape index (κ2) is 8.60. The molecular formula is C25H25N3O3. The zero-order valence-electron chi connectivity index (χ0n) is 17.4. The number of carbonyl (C=O) groups excluding carboxylic acids is 1. The molecule has 4 N–H and O–H groups in total. The highest BCUT2D eigenvalue weighted by atomic mass is 16.4. The van der Waals surface area contributed by atoms with Crippen LogP contribution in [-0.4, -0.2) is 22.1 Å². The molecule has 4 rings (SSSR count). The summed E-state index contributed by atoms with van der Waals surface area (Å²) < 4.78 is 0. The lowest BCUT2D eigenvalue weighted by atomic mass is 9.91. The van der Waals surface area contributed by atoms with Gasteiger partial charge in [0.1, 0.15) is 0 Å². The Balaban J connectivity index is 1.96. The Labute approximate surface area is 180 Å². The van der Waals surface area contributed by atoms with E-state index in [1.165, 1.54) is 18.9 Å². The maximum atomic E-state index is 11.3. The molecule has 1 fully saturated rings. The van der Waals surface area contributed by atoms with E-state index in [4.69, 9.17) is 10.7 Å². The van der Waals surface area contributed by atoms with Gasteiger partial charge in [-0.15, -0.1) is 0 Å². The van der Waals surface area contributed by atoms with Gasteiger partial charge in [0, 0.05) is 29.3 Å². The summed E-state index contributed by atoms with van der Waals surface area (Å²) in [5, 5.41) is 12.7. The summed E-state index contributed by atoms with van der Waals surface area (Å²) in [7, 11) is 0. The molecule has 0 aliphatic heterocycles. The number of aromatic nitrogens is 1. The average Bonchev–Trinajstić information content (AvgIpc) is 3.55. The van der Waals surface area contributed by atoms with E-state index in [2.05, 4.69) is 17.4 Å². The van der Waals surface area contributed by atoms with Crippen LogP contribution in [-0.2, 0) is 17.8 Å². The summed E-state index contributed by atoms with van der Waals surface area (Å²) in [6, 6.07) is 14.0. The number of fused-ring (bicyclic) bond motifs is 1. The highest BCUT2D eigenvalue weighted by Crippen LogP contribution is 2.38. The van der Waals surface area contributed by atoms with Crippen molar-refractivity contribution in [1.29, 1.82) is 0 Å². The van der Waals surface area contributed by atoms with E-state index >= 15 is 0 Å². The van der Waals surface area contributed by atoms with Gasteiger partial charge < -0.3 is 16.2 Å². The average molecular weight is 415 g/mol. The molecule has 0 saturated heterocycles. The molecule has 6 nitrogen and oxygen atoms in total. The molecule has 0 unspecified atom stereocenters. The fourth-order valence-electron chi connectivity index (χ4n) is 3.82. The number of rotatable bonds is 7. The Hall–Kier alpha value is -3.67. The Morgan fingerprint density at radius 3 is 2.58 bits per heavy atom. The van der Waals surface area contributed by atoms with Gasteiger partial charge >= 0.3 is 6.09 Å². The van der Waals surface area contributed by atoms with Gasteiger partial charge in [-0.25, -0.2) is 4.79 Å². The molecule has 2 amide bonds. The second-order valence-electron chi connectivity index (χ2n) is 8.10. The predicted octanol–water partition coefficient (Wildman–Crippen LogP) is 4.43. The molecule has 1 saturated carbocycles. The number of primary amides is 1. The Bertz CT molecular complexity index is 1180. The summed E-state index contributed by atoms with van der Waals surface area (Å²) in [6.07, 6.45) is 5.15. The van der Waals surface area contributed by atoms with Gasteiger partial charge in [0.25, 0.3) is 0 Å². The van der Waals surface area contributed by atoms with Crippen molar-refractivity contribution in [2.75, 3.05) is 0 Å². The normalized spacial score (nSPS) is 13.6. The number of nitrogens with zero attached hydrogens (tertiary/aromatic N) is 1. The minimum Gasteiger partial charge on any atom is -0.465 e. The number of pyridine rings is 1. The molecule has 1 heterocycles. The van der Waals surface area contributed by atoms with Crippen LogP contribution in [0.5, 0.6) is 0 Å². The second-order valence-corrected chi connectivity index (χ2v) is 8.10. The zero-order chi connectivity index (χ0) is 22.0. The van der Waals surface area contributed by atoms with Gasteiger partial charge in [-0.05, 0) is 67.0 Å². The van der Waals surface area contributed by atoms with E-state index < -0.39 is 12.0 Å².